The summed E-state index contributed by atoms with van der Waals surface area (Å²) in [6, 6.07) is 21.5. The molecule has 30 heavy (non-hydrogen) atoms. The Morgan fingerprint density at radius 1 is 0.967 bits per heavy atom. The van der Waals surface area contributed by atoms with Gasteiger partial charge in [0, 0.05) is 23.2 Å². The van der Waals surface area contributed by atoms with Crippen LogP contribution in [0.2, 0.25) is 0 Å². The van der Waals surface area contributed by atoms with E-state index in [4.69, 9.17) is 12.2 Å². The van der Waals surface area contributed by atoms with Gasteiger partial charge in [0.05, 0.1) is 0 Å². The Kier molecular flexibility index (Phi) is 7.06. The van der Waals surface area contributed by atoms with Crippen LogP contribution in [0.25, 0.3) is 11.5 Å². The fraction of sp³-hybridized carbons (Fsp3) is 0.200. The van der Waals surface area contributed by atoms with E-state index in [-0.39, 0.29) is 11.2 Å². The summed E-state index contributed by atoms with van der Waals surface area (Å²) in [6.07, 6.45) is 3.81. The van der Waals surface area contributed by atoms with E-state index in [0.717, 1.165) is 10.0 Å². The van der Waals surface area contributed by atoms with Crippen molar-refractivity contribution < 1.29 is 9.67 Å². The maximum absolute atomic E-state index is 13.5. The van der Waals surface area contributed by atoms with E-state index in [0.29, 0.717) is 22.8 Å². The van der Waals surface area contributed by atoms with Crippen LogP contribution in [0.5, 0.6) is 0 Å². The number of pyridine rings is 1. The predicted molar refractivity (Wildman–Crippen MR) is 128 cm³/mol. The Labute approximate surface area is 192 Å². The van der Waals surface area contributed by atoms with Crippen LogP contribution < -0.4 is 15.0 Å². The molecule has 0 fully saturated rings. The Hall–Kier alpha value is -2.50. The normalized spacial score (nSPS) is 12.3. The maximum Gasteiger partial charge on any atom is 0.238 e. The van der Waals surface area contributed by atoms with E-state index in [9.17, 15) is 5.11 Å². The Balaban J connectivity index is 2.01. The number of nitrogens with zero attached hydrogens (tertiary/aromatic N) is 1. The predicted octanol–water partition coefficient (Wildman–Crippen LogP) is 4.84. The molecule has 0 amide bonds. The van der Waals surface area contributed by atoms with Gasteiger partial charge in [0.2, 0.25) is 5.70 Å². The molecule has 0 spiro atoms. The van der Waals surface area contributed by atoms with Crippen molar-refractivity contribution >= 4 is 44.6 Å². The van der Waals surface area contributed by atoms with Crippen LogP contribution in [-0.2, 0) is 12.0 Å². The van der Waals surface area contributed by atoms with Crippen molar-refractivity contribution in [3.8, 4) is 0 Å². The smallest absolute Gasteiger partial charge is 0.238 e. The first-order valence-electron chi connectivity index (χ1n) is 9.78. The third kappa shape index (κ3) is 5.35. The third-order valence-electron chi connectivity index (χ3n) is 4.80. The van der Waals surface area contributed by atoms with Crippen molar-refractivity contribution in [2.75, 3.05) is 0 Å². The lowest BCUT2D eigenvalue weighted by Crippen LogP contribution is -2.42. The van der Waals surface area contributed by atoms with Crippen molar-refractivity contribution in [2.24, 2.45) is 0 Å². The minimum Gasteiger partial charge on any atom is -0.867 e. The van der Waals surface area contributed by atoms with Crippen molar-refractivity contribution in [3.63, 3.8) is 0 Å². The molecule has 3 rings (SSSR count). The molecule has 154 valence electrons. The summed E-state index contributed by atoms with van der Waals surface area (Å²) in [5.74, 6) is -0.137. The van der Waals surface area contributed by atoms with Crippen LogP contribution in [-0.4, -0.2) is 4.99 Å². The molecule has 1 aromatic heterocycles. The molecule has 0 aliphatic carbocycles. The summed E-state index contributed by atoms with van der Waals surface area (Å²) < 4.78 is 2.54. The average molecular weight is 481 g/mol. The van der Waals surface area contributed by atoms with Gasteiger partial charge in [-0.1, -0.05) is 97.4 Å². The molecule has 2 aromatic carbocycles. The van der Waals surface area contributed by atoms with Gasteiger partial charge in [0.25, 0.3) is 0 Å². The van der Waals surface area contributed by atoms with E-state index in [1.807, 2.05) is 73.1 Å². The molecule has 0 aliphatic heterocycles. The molecule has 0 radical (unpaired) electrons. The number of thiocarbonyl (C=S) groups is 1. The van der Waals surface area contributed by atoms with Gasteiger partial charge in [0.15, 0.2) is 17.4 Å². The summed E-state index contributed by atoms with van der Waals surface area (Å²) in [5.41, 5.74) is 3.31. The number of hydrogen-bond acceptors (Lipinski definition) is 2. The first-order chi connectivity index (χ1) is 14.3. The minimum atomic E-state index is -0.137. The van der Waals surface area contributed by atoms with E-state index >= 15 is 0 Å². The quantitative estimate of drug-likeness (QED) is 0.246. The van der Waals surface area contributed by atoms with Crippen LogP contribution in [0.15, 0.2) is 83.6 Å². The largest absolute Gasteiger partial charge is 0.867 e. The summed E-state index contributed by atoms with van der Waals surface area (Å²) in [7, 11) is 0. The van der Waals surface area contributed by atoms with Crippen LogP contribution in [0, 0.1) is 0 Å². The van der Waals surface area contributed by atoms with Crippen LogP contribution in [0.3, 0.4) is 0 Å². The highest BCUT2D eigenvalue weighted by Crippen LogP contribution is 2.24. The van der Waals surface area contributed by atoms with Gasteiger partial charge in [-0.05, 0) is 33.9 Å². The zero-order valence-electron chi connectivity index (χ0n) is 17.4. The molecule has 0 atom stereocenters. The molecular formula is C25H25BrN2OS. The van der Waals surface area contributed by atoms with Gasteiger partial charge in [-0.15, -0.1) is 0 Å². The molecule has 1 heterocycles. The molecular weight excluding hydrogens is 456 g/mol. The molecule has 0 bridgehead atoms. The monoisotopic (exact) mass is 480 g/mol. The fourth-order valence-corrected chi connectivity index (χ4v) is 3.78. The fourth-order valence-electron chi connectivity index (χ4n) is 3.05. The Morgan fingerprint density at radius 2 is 1.57 bits per heavy atom. The molecule has 3 nitrogen and oxygen atoms in total. The maximum atomic E-state index is 13.5. The standard InChI is InChI=1S/C25H25BrN2OS/c1-25(2,3)19-13-15-28(16-14-19)22(23(29)20-11-7-8-12-21(20)26)24(30)27-17-18-9-5-4-6-10-18/h4-16H,17H2,1-3H3,(H-,27,29,30). The third-order valence-corrected chi connectivity index (χ3v) is 5.83. The summed E-state index contributed by atoms with van der Waals surface area (Å²) in [5, 5.41) is 16.7. The van der Waals surface area contributed by atoms with E-state index in [2.05, 4.69) is 42.0 Å². The van der Waals surface area contributed by atoms with E-state index in [1.165, 1.54) is 5.56 Å². The zero-order valence-corrected chi connectivity index (χ0v) is 19.8. The number of halogens is 1. The molecule has 5 heteroatoms. The molecule has 0 saturated heterocycles. The molecule has 1 N–H and O–H groups in total. The number of hydrogen-bond donors (Lipinski definition) is 1. The molecule has 0 unspecified atom stereocenters. The topological polar surface area (TPSA) is 39.0 Å². The molecule has 0 aliphatic rings. The Bertz CT molecular complexity index is 1050. The van der Waals surface area contributed by atoms with Gasteiger partial charge >= 0.3 is 0 Å². The van der Waals surface area contributed by atoms with Crippen LogP contribution >= 0.6 is 28.1 Å². The van der Waals surface area contributed by atoms with Gasteiger partial charge in [-0.25, -0.2) is 0 Å². The zero-order chi connectivity index (χ0) is 21.7. The summed E-state index contributed by atoms with van der Waals surface area (Å²) in [4.78, 5) is 0.410. The van der Waals surface area contributed by atoms with Crippen molar-refractivity contribution in [3.05, 3.63) is 100 Å². The molecule has 3 aromatic rings. The average Bonchev–Trinajstić information content (AvgIpc) is 2.73. The first-order valence-corrected chi connectivity index (χ1v) is 11.0. The second kappa shape index (κ2) is 9.54. The van der Waals surface area contributed by atoms with Gasteiger partial charge < -0.3 is 10.4 Å². The highest BCUT2D eigenvalue weighted by Gasteiger charge is 2.21. The Morgan fingerprint density at radius 3 is 2.17 bits per heavy atom. The number of nitrogens with one attached hydrogen (secondary N) is 1. The van der Waals surface area contributed by atoms with E-state index < -0.39 is 0 Å². The van der Waals surface area contributed by atoms with Crippen LogP contribution in [0.4, 0.5) is 0 Å². The second-order valence-corrected chi connectivity index (χ2v) is 9.33. The van der Waals surface area contributed by atoms with Crippen molar-refractivity contribution in [1.29, 1.82) is 0 Å². The van der Waals surface area contributed by atoms with E-state index in [1.54, 1.807) is 10.6 Å². The lowest BCUT2D eigenvalue weighted by atomic mass is 9.88. The molecule has 0 saturated carbocycles. The second-order valence-electron chi connectivity index (χ2n) is 8.07. The number of benzene rings is 2. The van der Waals surface area contributed by atoms with Gasteiger partial charge in [-0.2, -0.15) is 4.57 Å². The summed E-state index contributed by atoms with van der Waals surface area (Å²) in [6.45, 7) is 7.04. The number of aromatic nitrogens is 1. The highest BCUT2D eigenvalue weighted by molar-refractivity contribution is 9.10. The van der Waals surface area contributed by atoms with Crippen LogP contribution in [0.1, 0.15) is 37.5 Å². The lowest BCUT2D eigenvalue weighted by Gasteiger charge is -2.20. The lowest BCUT2D eigenvalue weighted by molar-refractivity contribution is -0.578. The minimum absolute atomic E-state index is 0.0256. The first kappa shape index (κ1) is 22.2. The van der Waals surface area contributed by atoms with Gasteiger partial charge in [0.1, 0.15) is 0 Å². The SMILES string of the molecule is CC(C)(C)c1cc[n+](/C(C(=S)NCc2ccccc2)=C(/[O-])c2ccccc2Br)cc1. The number of rotatable bonds is 5. The van der Waals surface area contributed by atoms with Gasteiger partial charge in [-0.3, -0.25) is 0 Å². The summed E-state index contributed by atoms with van der Waals surface area (Å²) >= 11 is 9.17. The highest BCUT2D eigenvalue weighted by atomic mass is 79.9. The van der Waals surface area contributed by atoms with Crippen molar-refractivity contribution in [1.82, 2.24) is 5.32 Å². The van der Waals surface area contributed by atoms with Crippen molar-refractivity contribution in [2.45, 2.75) is 32.7 Å².